The highest BCUT2D eigenvalue weighted by Crippen LogP contribution is 2.31. The highest BCUT2D eigenvalue weighted by molar-refractivity contribution is 5.93. The van der Waals surface area contributed by atoms with Crippen molar-refractivity contribution >= 4 is 11.6 Å². The largest absolute Gasteiger partial charge is 0.493 e. The van der Waals surface area contributed by atoms with Crippen LogP contribution in [0.15, 0.2) is 48.7 Å². The Balaban J connectivity index is 1.48. The molecule has 9 heteroatoms. The molecule has 0 spiro atoms. The van der Waals surface area contributed by atoms with Crippen LogP contribution in [0.4, 0.5) is 0 Å². The fraction of sp³-hybridized carbons (Fsp3) is 0.158. The topological polar surface area (TPSA) is 106 Å². The number of ether oxygens (including phenoxy) is 2. The number of nitrogens with zero attached hydrogens (tertiary/aromatic N) is 4. The van der Waals surface area contributed by atoms with Gasteiger partial charge in [-0.3, -0.25) is 14.3 Å². The zero-order valence-electron chi connectivity index (χ0n) is 15.3. The van der Waals surface area contributed by atoms with Gasteiger partial charge < -0.3 is 14.8 Å². The van der Waals surface area contributed by atoms with Crippen molar-refractivity contribution in [3.8, 4) is 22.8 Å². The highest BCUT2D eigenvalue weighted by atomic mass is 16.5. The number of nitrogens with one attached hydrogen (secondary N) is 2. The zero-order valence-corrected chi connectivity index (χ0v) is 15.3. The summed E-state index contributed by atoms with van der Waals surface area (Å²) in [4.78, 5) is 12.5. The van der Waals surface area contributed by atoms with Crippen LogP contribution >= 0.6 is 0 Å². The lowest BCUT2D eigenvalue weighted by Gasteiger charge is -2.08. The van der Waals surface area contributed by atoms with E-state index >= 15 is 0 Å². The summed E-state index contributed by atoms with van der Waals surface area (Å²) in [7, 11) is 3.15. The van der Waals surface area contributed by atoms with Gasteiger partial charge in [0.25, 0.3) is 5.91 Å². The van der Waals surface area contributed by atoms with Gasteiger partial charge in [-0.25, -0.2) is 0 Å². The molecule has 4 rings (SSSR count). The Morgan fingerprint density at radius 1 is 1.11 bits per heavy atom. The van der Waals surface area contributed by atoms with Crippen LogP contribution in [0.3, 0.4) is 0 Å². The van der Waals surface area contributed by atoms with Crippen LogP contribution in [0.5, 0.6) is 11.5 Å². The van der Waals surface area contributed by atoms with E-state index in [0.717, 1.165) is 11.2 Å². The normalized spacial score (nSPS) is 10.8. The first-order valence-electron chi connectivity index (χ1n) is 8.54. The van der Waals surface area contributed by atoms with Crippen LogP contribution in [0.25, 0.3) is 16.9 Å². The molecule has 0 saturated carbocycles. The van der Waals surface area contributed by atoms with E-state index in [0.29, 0.717) is 28.7 Å². The van der Waals surface area contributed by atoms with E-state index in [2.05, 4.69) is 25.7 Å². The van der Waals surface area contributed by atoms with Gasteiger partial charge in [-0.05, 0) is 36.4 Å². The standard InChI is InChI=1S/C19H18N6O3/c1-27-15-7-6-12(9-16(15)28-2)13-10-14(22-21-13)19(26)20-11-18-24-23-17-5-3-4-8-25(17)18/h3-10H,11H2,1-2H3,(H,20,26)(H,21,22). The van der Waals surface area contributed by atoms with E-state index in [1.807, 2.05) is 34.9 Å². The number of amides is 1. The molecular formula is C19H18N6O3. The Kier molecular flexibility index (Phi) is 4.63. The third-order valence-electron chi connectivity index (χ3n) is 4.29. The van der Waals surface area contributed by atoms with Crippen molar-refractivity contribution < 1.29 is 14.3 Å². The molecule has 3 aromatic heterocycles. The lowest BCUT2D eigenvalue weighted by molar-refractivity contribution is 0.0944. The molecule has 4 aromatic rings. The minimum Gasteiger partial charge on any atom is -0.493 e. The number of carbonyl (C=O) groups is 1. The maximum atomic E-state index is 12.5. The molecule has 28 heavy (non-hydrogen) atoms. The first-order valence-corrected chi connectivity index (χ1v) is 8.54. The lowest BCUT2D eigenvalue weighted by atomic mass is 10.1. The zero-order chi connectivity index (χ0) is 19.5. The van der Waals surface area contributed by atoms with Gasteiger partial charge in [0.15, 0.2) is 23.0 Å². The molecule has 0 radical (unpaired) electrons. The predicted octanol–water partition coefficient (Wildman–Crippen LogP) is 2.07. The molecule has 0 atom stereocenters. The SMILES string of the molecule is COc1ccc(-c2cc(C(=O)NCc3nnc4ccccn34)[nH]n2)cc1OC. The molecule has 142 valence electrons. The van der Waals surface area contributed by atoms with Crippen molar-refractivity contribution in [2.24, 2.45) is 0 Å². The summed E-state index contributed by atoms with van der Waals surface area (Å²) in [5, 5.41) is 18.0. The molecule has 2 N–H and O–H groups in total. The number of aromatic nitrogens is 5. The van der Waals surface area contributed by atoms with Gasteiger partial charge in [0, 0.05) is 11.8 Å². The van der Waals surface area contributed by atoms with Crippen molar-refractivity contribution in [2.75, 3.05) is 14.2 Å². The Hall–Kier alpha value is -3.88. The number of methoxy groups -OCH3 is 2. The summed E-state index contributed by atoms with van der Waals surface area (Å²) in [6, 6.07) is 12.7. The van der Waals surface area contributed by atoms with Gasteiger partial charge in [-0.1, -0.05) is 6.07 Å². The molecular weight excluding hydrogens is 360 g/mol. The molecule has 1 aromatic carbocycles. The van der Waals surface area contributed by atoms with Gasteiger partial charge in [0.1, 0.15) is 5.69 Å². The Morgan fingerprint density at radius 2 is 1.96 bits per heavy atom. The third-order valence-corrected chi connectivity index (χ3v) is 4.29. The lowest BCUT2D eigenvalue weighted by Crippen LogP contribution is -2.24. The van der Waals surface area contributed by atoms with Crippen LogP contribution < -0.4 is 14.8 Å². The number of rotatable bonds is 6. The van der Waals surface area contributed by atoms with Gasteiger partial charge in [-0.15, -0.1) is 10.2 Å². The first-order chi connectivity index (χ1) is 13.7. The van der Waals surface area contributed by atoms with Crippen LogP contribution in [0.1, 0.15) is 16.3 Å². The second-order valence-corrected chi connectivity index (χ2v) is 5.96. The van der Waals surface area contributed by atoms with Crippen molar-refractivity contribution in [3.63, 3.8) is 0 Å². The average molecular weight is 378 g/mol. The van der Waals surface area contributed by atoms with Gasteiger partial charge >= 0.3 is 0 Å². The maximum Gasteiger partial charge on any atom is 0.269 e. The van der Waals surface area contributed by atoms with Crippen LogP contribution in [-0.4, -0.2) is 44.9 Å². The summed E-state index contributed by atoms with van der Waals surface area (Å²) < 4.78 is 12.4. The average Bonchev–Trinajstić information content (AvgIpc) is 3.39. The quantitative estimate of drug-likeness (QED) is 0.532. The minimum atomic E-state index is -0.285. The number of fused-ring (bicyclic) bond motifs is 1. The Labute approximate surface area is 160 Å². The number of hydrogen-bond acceptors (Lipinski definition) is 6. The van der Waals surface area contributed by atoms with Crippen LogP contribution in [0.2, 0.25) is 0 Å². The van der Waals surface area contributed by atoms with Crippen LogP contribution in [0, 0.1) is 0 Å². The molecule has 1 amide bonds. The second kappa shape index (κ2) is 7.39. The Morgan fingerprint density at radius 3 is 2.79 bits per heavy atom. The summed E-state index contributed by atoms with van der Waals surface area (Å²) in [5.74, 6) is 1.57. The van der Waals surface area contributed by atoms with E-state index in [1.54, 1.807) is 32.4 Å². The molecule has 0 saturated heterocycles. The molecule has 0 aliphatic rings. The number of H-pyrrole nitrogens is 1. The summed E-state index contributed by atoms with van der Waals surface area (Å²) >= 11 is 0. The highest BCUT2D eigenvalue weighted by Gasteiger charge is 2.14. The molecule has 0 aliphatic heterocycles. The van der Waals surface area contributed by atoms with E-state index in [4.69, 9.17) is 9.47 Å². The molecule has 9 nitrogen and oxygen atoms in total. The molecule has 0 bridgehead atoms. The van der Waals surface area contributed by atoms with Crippen molar-refractivity contribution in [1.29, 1.82) is 0 Å². The van der Waals surface area contributed by atoms with E-state index in [9.17, 15) is 4.79 Å². The molecule has 3 heterocycles. The fourth-order valence-electron chi connectivity index (χ4n) is 2.85. The van der Waals surface area contributed by atoms with E-state index in [-0.39, 0.29) is 12.5 Å². The number of hydrogen-bond donors (Lipinski definition) is 2. The first kappa shape index (κ1) is 17.5. The van der Waals surface area contributed by atoms with E-state index in [1.165, 1.54) is 0 Å². The van der Waals surface area contributed by atoms with Crippen LogP contribution in [-0.2, 0) is 6.54 Å². The second-order valence-electron chi connectivity index (χ2n) is 5.96. The van der Waals surface area contributed by atoms with Crippen molar-refractivity contribution in [2.45, 2.75) is 6.54 Å². The summed E-state index contributed by atoms with van der Waals surface area (Å²) in [5.41, 5.74) is 2.50. The Bertz CT molecular complexity index is 1130. The smallest absolute Gasteiger partial charge is 0.269 e. The number of pyridine rings is 1. The van der Waals surface area contributed by atoms with Gasteiger partial charge in [0.05, 0.1) is 26.5 Å². The number of carbonyl (C=O) groups excluding carboxylic acids is 1. The predicted molar refractivity (Wildman–Crippen MR) is 101 cm³/mol. The summed E-state index contributed by atoms with van der Waals surface area (Å²) in [6.45, 7) is 0.245. The fourth-order valence-corrected chi connectivity index (χ4v) is 2.85. The molecule has 0 unspecified atom stereocenters. The van der Waals surface area contributed by atoms with Gasteiger partial charge in [0.2, 0.25) is 0 Å². The monoisotopic (exact) mass is 378 g/mol. The summed E-state index contributed by atoms with van der Waals surface area (Å²) in [6.07, 6.45) is 1.85. The third kappa shape index (κ3) is 3.25. The molecule has 0 aliphatic carbocycles. The van der Waals surface area contributed by atoms with Crippen molar-refractivity contribution in [1.82, 2.24) is 30.1 Å². The maximum absolute atomic E-state index is 12.5. The van der Waals surface area contributed by atoms with Crippen molar-refractivity contribution in [3.05, 3.63) is 60.2 Å². The number of benzene rings is 1. The number of aromatic amines is 1. The van der Waals surface area contributed by atoms with E-state index < -0.39 is 0 Å². The molecule has 0 fully saturated rings. The minimum absolute atomic E-state index is 0.245. The van der Waals surface area contributed by atoms with Gasteiger partial charge in [-0.2, -0.15) is 5.10 Å².